The van der Waals surface area contributed by atoms with Gasteiger partial charge in [0.05, 0.1) is 11.3 Å². The highest BCUT2D eigenvalue weighted by Gasteiger charge is 2.19. The number of nitrogens with one attached hydrogen (secondary N) is 1. The van der Waals surface area contributed by atoms with E-state index < -0.39 is 0 Å². The Morgan fingerprint density at radius 3 is 3.00 bits per heavy atom. The average Bonchev–Trinajstić information content (AvgIpc) is 2.61. The van der Waals surface area contributed by atoms with Crippen molar-refractivity contribution in [2.24, 2.45) is 0 Å². The van der Waals surface area contributed by atoms with Crippen molar-refractivity contribution < 1.29 is 4.79 Å². The summed E-state index contributed by atoms with van der Waals surface area (Å²) in [5.41, 5.74) is 1.63. The molecule has 3 nitrogen and oxygen atoms in total. The first-order valence-electron chi connectivity index (χ1n) is 5.50. The van der Waals surface area contributed by atoms with E-state index in [0.29, 0.717) is 6.04 Å². The van der Waals surface area contributed by atoms with Crippen LogP contribution >= 0.6 is 23.3 Å². The van der Waals surface area contributed by atoms with Gasteiger partial charge in [-0.2, -0.15) is 16.1 Å². The van der Waals surface area contributed by atoms with Gasteiger partial charge in [-0.1, -0.05) is 0 Å². The quantitative estimate of drug-likeness (QED) is 0.844. The summed E-state index contributed by atoms with van der Waals surface area (Å²) < 4.78 is 4.25. The van der Waals surface area contributed by atoms with Gasteiger partial charge in [0.2, 0.25) is 0 Å². The normalized spacial score (nSPS) is 20.8. The third kappa shape index (κ3) is 2.58. The number of hydrogen-bond donors (Lipinski definition) is 1. The molecular weight excluding hydrogens is 240 g/mol. The number of anilines is 1. The van der Waals surface area contributed by atoms with Crippen LogP contribution < -0.4 is 5.32 Å². The van der Waals surface area contributed by atoms with Gasteiger partial charge in [-0.25, -0.2) is 0 Å². The van der Waals surface area contributed by atoms with E-state index in [9.17, 15) is 4.79 Å². The van der Waals surface area contributed by atoms with Gasteiger partial charge in [0.25, 0.3) is 0 Å². The first kappa shape index (κ1) is 11.9. The van der Waals surface area contributed by atoms with Gasteiger partial charge in [0, 0.05) is 11.8 Å². The van der Waals surface area contributed by atoms with Crippen molar-refractivity contribution >= 4 is 34.1 Å². The molecule has 16 heavy (non-hydrogen) atoms. The lowest BCUT2D eigenvalue weighted by atomic mass is 10.1. The molecule has 0 radical (unpaired) electrons. The first-order chi connectivity index (χ1) is 7.68. The molecule has 1 aliphatic rings. The number of carbonyl (C=O) groups excluding carboxylic acids is 1. The number of ketones is 1. The lowest BCUT2D eigenvalue weighted by Gasteiger charge is -2.22. The Labute approximate surface area is 104 Å². The van der Waals surface area contributed by atoms with E-state index in [1.807, 2.05) is 18.7 Å². The molecule has 5 heteroatoms. The molecule has 1 fully saturated rings. The molecule has 0 aromatic carbocycles. The molecule has 0 aliphatic carbocycles. The molecule has 2 heterocycles. The van der Waals surface area contributed by atoms with Crippen LogP contribution in [-0.4, -0.2) is 27.7 Å². The second-order valence-corrected chi connectivity index (χ2v) is 6.01. The fourth-order valence-corrected chi connectivity index (χ4v) is 3.92. The van der Waals surface area contributed by atoms with Crippen LogP contribution in [-0.2, 0) is 0 Å². The topological polar surface area (TPSA) is 42.0 Å². The van der Waals surface area contributed by atoms with Crippen molar-refractivity contribution in [1.82, 2.24) is 4.37 Å². The van der Waals surface area contributed by atoms with Crippen LogP contribution in [0.5, 0.6) is 0 Å². The minimum atomic E-state index is 0.109. The number of thioether (sulfide) groups is 1. The Balaban J connectivity index is 2.11. The number of Topliss-reactive ketones (excluding diaryl/α,β-unsaturated/α-hetero) is 1. The van der Waals surface area contributed by atoms with Gasteiger partial charge in [-0.15, -0.1) is 0 Å². The maximum atomic E-state index is 11.5. The van der Waals surface area contributed by atoms with Crippen LogP contribution in [0.4, 0.5) is 5.00 Å². The molecule has 0 spiro atoms. The standard InChI is InChI=1S/C11H16N2OS2/c1-7-10(8(2)14)11(16-13-7)12-9-4-3-5-15-6-9/h9,12H,3-6H2,1-2H3. The highest BCUT2D eigenvalue weighted by Crippen LogP contribution is 2.28. The summed E-state index contributed by atoms with van der Waals surface area (Å²) in [5.74, 6) is 2.51. The average molecular weight is 256 g/mol. The zero-order valence-electron chi connectivity index (χ0n) is 9.58. The second-order valence-electron chi connectivity index (χ2n) is 4.09. The fourth-order valence-electron chi connectivity index (χ4n) is 1.92. The molecule has 2 rings (SSSR count). The zero-order valence-corrected chi connectivity index (χ0v) is 11.2. The zero-order chi connectivity index (χ0) is 11.5. The van der Waals surface area contributed by atoms with Crippen LogP contribution in [0.1, 0.15) is 35.8 Å². The molecule has 1 atom stereocenters. The summed E-state index contributed by atoms with van der Waals surface area (Å²) in [7, 11) is 0. The van der Waals surface area contributed by atoms with E-state index in [1.165, 1.54) is 30.1 Å². The van der Waals surface area contributed by atoms with E-state index in [0.717, 1.165) is 22.0 Å². The molecule has 88 valence electrons. The highest BCUT2D eigenvalue weighted by atomic mass is 32.2. The minimum absolute atomic E-state index is 0.109. The molecule has 1 aromatic heterocycles. The van der Waals surface area contributed by atoms with E-state index >= 15 is 0 Å². The number of aryl methyl sites for hydroxylation is 1. The summed E-state index contributed by atoms with van der Waals surface area (Å²) in [6.45, 7) is 3.51. The predicted molar refractivity (Wildman–Crippen MR) is 70.8 cm³/mol. The Bertz CT molecular complexity index is 383. The number of carbonyl (C=O) groups is 1. The van der Waals surface area contributed by atoms with Crippen molar-refractivity contribution in [3.05, 3.63) is 11.3 Å². The minimum Gasteiger partial charge on any atom is -0.371 e. The lowest BCUT2D eigenvalue weighted by Crippen LogP contribution is -2.25. The Kier molecular flexibility index (Phi) is 3.86. The van der Waals surface area contributed by atoms with Crippen LogP contribution in [0.2, 0.25) is 0 Å². The maximum Gasteiger partial charge on any atom is 0.164 e. The SMILES string of the molecule is CC(=O)c1c(C)nsc1NC1CCCSC1. The smallest absolute Gasteiger partial charge is 0.164 e. The van der Waals surface area contributed by atoms with Gasteiger partial charge in [-0.3, -0.25) is 4.79 Å². The molecule has 0 amide bonds. The summed E-state index contributed by atoms with van der Waals surface area (Å²) in [4.78, 5) is 11.5. The second kappa shape index (κ2) is 5.19. The van der Waals surface area contributed by atoms with Gasteiger partial charge in [0.15, 0.2) is 5.78 Å². The van der Waals surface area contributed by atoms with E-state index in [-0.39, 0.29) is 5.78 Å². The molecule has 1 aromatic rings. The lowest BCUT2D eigenvalue weighted by molar-refractivity contribution is 0.101. The predicted octanol–water partition coefficient (Wildman–Crippen LogP) is 2.96. The van der Waals surface area contributed by atoms with Crippen molar-refractivity contribution in [2.75, 3.05) is 16.8 Å². The van der Waals surface area contributed by atoms with Crippen LogP contribution in [0.25, 0.3) is 0 Å². The van der Waals surface area contributed by atoms with Gasteiger partial charge < -0.3 is 5.32 Å². The van der Waals surface area contributed by atoms with E-state index in [4.69, 9.17) is 0 Å². The molecule has 1 N–H and O–H groups in total. The molecular formula is C11H16N2OS2. The van der Waals surface area contributed by atoms with Crippen molar-refractivity contribution in [2.45, 2.75) is 32.7 Å². The third-order valence-corrected chi connectivity index (χ3v) is 4.80. The van der Waals surface area contributed by atoms with Crippen molar-refractivity contribution in [1.29, 1.82) is 0 Å². The Morgan fingerprint density at radius 2 is 2.38 bits per heavy atom. The van der Waals surface area contributed by atoms with Gasteiger partial charge in [0.1, 0.15) is 5.00 Å². The van der Waals surface area contributed by atoms with Gasteiger partial charge in [-0.05, 0) is 44.0 Å². The van der Waals surface area contributed by atoms with Crippen molar-refractivity contribution in [3.8, 4) is 0 Å². The molecule has 0 bridgehead atoms. The summed E-state index contributed by atoms with van der Waals surface area (Å²) >= 11 is 3.39. The highest BCUT2D eigenvalue weighted by molar-refractivity contribution is 7.99. The monoisotopic (exact) mass is 256 g/mol. The Hall–Kier alpha value is -0.550. The number of nitrogens with zero attached hydrogens (tertiary/aromatic N) is 1. The number of aromatic nitrogens is 1. The third-order valence-electron chi connectivity index (χ3n) is 2.71. The summed E-state index contributed by atoms with van der Waals surface area (Å²) in [6.07, 6.45) is 2.46. The molecule has 1 unspecified atom stereocenters. The largest absolute Gasteiger partial charge is 0.371 e. The summed E-state index contributed by atoms with van der Waals surface area (Å²) in [5, 5.41) is 4.42. The van der Waals surface area contributed by atoms with Gasteiger partial charge >= 0.3 is 0 Å². The maximum absolute atomic E-state index is 11.5. The fraction of sp³-hybridized carbons (Fsp3) is 0.636. The molecule has 1 saturated heterocycles. The van der Waals surface area contributed by atoms with E-state index in [1.54, 1.807) is 6.92 Å². The number of hydrogen-bond acceptors (Lipinski definition) is 5. The van der Waals surface area contributed by atoms with Crippen LogP contribution in [0.15, 0.2) is 0 Å². The number of rotatable bonds is 3. The first-order valence-corrected chi connectivity index (χ1v) is 7.43. The van der Waals surface area contributed by atoms with Crippen molar-refractivity contribution in [3.63, 3.8) is 0 Å². The van der Waals surface area contributed by atoms with Crippen LogP contribution in [0, 0.1) is 6.92 Å². The molecule has 0 saturated carbocycles. The Morgan fingerprint density at radius 1 is 1.56 bits per heavy atom. The summed E-state index contributed by atoms with van der Waals surface area (Å²) in [6, 6.07) is 0.497. The molecule has 1 aliphatic heterocycles. The van der Waals surface area contributed by atoms with Crippen LogP contribution in [0.3, 0.4) is 0 Å². The van der Waals surface area contributed by atoms with E-state index in [2.05, 4.69) is 9.69 Å².